The highest BCUT2D eigenvalue weighted by Crippen LogP contribution is 2.39. The molecule has 2 aliphatic heterocycles. The van der Waals surface area contributed by atoms with Crippen molar-refractivity contribution in [2.45, 2.75) is 57.3 Å². The molecule has 0 radical (unpaired) electrons. The first-order valence-electron chi connectivity index (χ1n) is 11.2. The monoisotopic (exact) mass is 388 g/mol. The van der Waals surface area contributed by atoms with Crippen LogP contribution >= 0.6 is 0 Å². The van der Waals surface area contributed by atoms with Gasteiger partial charge in [0, 0.05) is 44.7 Å². The fraction of sp³-hybridized carbons (Fsp3) is 0.739. The summed E-state index contributed by atoms with van der Waals surface area (Å²) in [6.45, 7) is 9.18. The second-order valence-electron chi connectivity index (χ2n) is 8.69. The molecule has 2 heterocycles. The predicted octanol–water partition coefficient (Wildman–Crippen LogP) is 3.58. The van der Waals surface area contributed by atoms with E-state index in [0.29, 0.717) is 0 Å². The summed E-state index contributed by atoms with van der Waals surface area (Å²) in [4.78, 5) is 5.08. The third-order valence-electron chi connectivity index (χ3n) is 6.91. The zero-order valence-corrected chi connectivity index (χ0v) is 17.3. The molecule has 0 aromatic heterocycles. The minimum Gasteiger partial charge on any atom is -0.388 e. The molecule has 2 saturated heterocycles. The van der Waals surface area contributed by atoms with Gasteiger partial charge in [0.1, 0.15) is 0 Å². The lowest BCUT2D eigenvalue weighted by atomic mass is 9.83. The highest BCUT2D eigenvalue weighted by Gasteiger charge is 2.40. The predicted molar refractivity (Wildman–Crippen MR) is 112 cm³/mol. The van der Waals surface area contributed by atoms with E-state index in [0.717, 1.165) is 70.1 Å². The molecule has 28 heavy (non-hydrogen) atoms. The number of benzene rings is 1. The van der Waals surface area contributed by atoms with Crippen molar-refractivity contribution in [3.63, 3.8) is 0 Å². The molecule has 3 fully saturated rings. The quantitative estimate of drug-likeness (QED) is 0.807. The molecule has 1 aromatic rings. The van der Waals surface area contributed by atoms with Crippen LogP contribution in [0.25, 0.3) is 0 Å². The largest absolute Gasteiger partial charge is 0.388 e. The lowest BCUT2D eigenvalue weighted by molar-refractivity contribution is -0.182. The summed E-state index contributed by atoms with van der Waals surface area (Å²) in [5.41, 5.74) is 2.28. The zero-order chi connectivity index (χ0) is 19.4. The Balaban J connectivity index is 1.20. The van der Waals surface area contributed by atoms with E-state index in [2.05, 4.69) is 28.0 Å². The van der Waals surface area contributed by atoms with Crippen LogP contribution in [0.1, 0.15) is 57.1 Å². The second kappa shape index (κ2) is 9.12. The van der Waals surface area contributed by atoms with E-state index >= 15 is 0 Å². The van der Waals surface area contributed by atoms with Gasteiger partial charge in [-0.1, -0.05) is 19.1 Å². The molecule has 3 aliphatic rings. The number of hydrogen-bond donors (Lipinski definition) is 1. The summed E-state index contributed by atoms with van der Waals surface area (Å²) in [7, 11) is 0. The van der Waals surface area contributed by atoms with E-state index in [1.54, 1.807) is 0 Å². The van der Waals surface area contributed by atoms with Gasteiger partial charge in [0.15, 0.2) is 5.79 Å². The smallest absolute Gasteiger partial charge is 0.168 e. The summed E-state index contributed by atoms with van der Waals surface area (Å²) in [6, 6.07) is 8.44. The Kier molecular flexibility index (Phi) is 6.56. The Hall–Kier alpha value is -1.14. The molecule has 1 unspecified atom stereocenters. The summed E-state index contributed by atoms with van der Waals surface area (Å²) in [6.07, 6.45) is 6.35. The van der Waals surface area contributed by atoms with Gasteiger partial charge >= 0.3 is 0 Å². The van der Waals surface area contributed by atoms with Crippen LogP contribution in [-0.4, -0.2) is 61.7 Å². The maximum atomic E-state index is 10.1. The Bertz CT molecular complexity index is 614. The molecule has 0 bridgehead atoms. The van der Waals surface area contributed by atoms with Crippen molar-refractivity contribution >= 4 is 5.69 Å². The van der Waals surface area contributed by atoms with Crippen LogP contribution in [0.15, 0.2) is 24.3 Å². The van der Waals surface area contributed by atoms with Gasteiger partial charge in [-0.15, -0.1) is 0 Å². The molecule has 0 amide bonds. The van der Waals surface area contributed by atoms with Gasteiger partial charge in [0.05, 0.1) is 19.3 Å². The van der Waals surface area contributed by atoms with Crippen molar-refractivity contribution in [1.82, 2.24) is 4.90 Å². The number of aliphatic hydroxyl groups excluding tert-OH is 1. The molecular weight excluding hydrogens is 352 g/mol. The molecule has 1 aliphatic carbocycles. The van der Waals surface area contributed by atoms with E-state index < -0.39 is 0 Å². The molecule has 4 rings (SSSR count). The van der Waals surface area contributed by atoms with Gasteiger partial charge in [0.25, 0.3) is 0 Å². The Morgan fingerprint density at radius 2 is 1.82 bits per heavy atom. The minimum absolute atomic E-state index is 0.220. The van der Waals surface area contributed by atoms with Gasteiger partial charge in [-0.3, -0.25) is 4.90 Å². The van der Waals surface area contributed by atoms with Crippen LogP contribution in [0.5, 0.6) is 0 Å². The first-order valence-corrected chi connectivity index (χ1v) is 11.2. The van der Waals surface area contributed by atoms with Crippen molar-refractivity contribution in [3.8, 4) is 0 Å². The van der Waals surface area contributed by atoms with Gasteiger partial charge in [-0.25, -0.2) is 0 Å². The number of anilines is 1. The molecule has 1 N–H and O–H groups in total. The molecule has 1 aromatic carbocycles. The lowest BCUT2D eigenvalue weighted by Gasteiger charge is -2.38. The molecule has 1 saturated carbocycles. The van der Waals surface area contributed by atoms with Crippen molar-refractivity contribution < 1.29 is 14.6 Å². The average Bonchev–Trinajstić information content (AvgIpc) is 3.21. The molecule has 1 spiro atoms. The summed E-state index contributed by atoms with van der Waals surface area (Å²) in [5, 5.41) is 10.1. The number of aliphatic hydroxyl groups is 1. The van der Waals surface area contributed by atoms with E-state index in [1.807, 2.05) is 13.0 Å². The third-order valence-corrected chi connectivity index (χ3v) is 6.91. The molecular formula is C23H36N2O3. The number of rotatable bonds is 6. The fourth-order valence-electron chi connectivity index (χ4n) is 4.95. The van der Waals surface area contributed by atoms with Crippen LogP contribution in [0.3, 0.4) is 0 Å². The summed E-state index contributed by atoms with van der Waals surface area (Å²) in [5.74, 6) is 0.603. The van der Waals surface area contributed by atoms with Gasteiger partial charge in [-0.2, -0.15) is 0 Å². The van der Waals surface area contributed by atoms with Crippen molar-refractivity contribution in [1.29, 1.82) is 0 Å². The summed E-state index contributed by atoms with van der Waals surface area (Å²) < 4.78 is 11.7. The normalized spacial score (nSPS) is 24.7. The summed E-state index contributed by atoms with van der Waals surface area (Å²) >= 11 is 0. The van der Waals surface area contributed by atoms with Gasteiger partial charge in [0.2, 0.25) is 0 Å². The number of hydrogen-bond acceptors (Lipinski definition) is 5. The second-order valence-corrected chi connectivity index (χ2v) is 8.69. The van der Waals surface area contributed by atoms with E-state index in [4.69, 9.17) is 9.47 Å². The first-order chi connectivity index (χ1) is 13.7. The Morgan fingerprint density at radius 1 is 1.11 bits per heavy atom. The standard InChI is InChI=1S/C23H36N2O3/c1-2-22(26)20-4-3-5-21(18-20)25-14-12-24(13-15-25)11-8-19-6-9-23(10-7-19)27-16-17-28-23/h3-5,18-19,22,26H,2,6-17H2,1H3. The van der Waals surface area contributed by atoms with Gasteiger partial charge in [-0.05, 0) is 55.8 Å². The topological polar surface area (TPSA) is 45.2 Å². The molecule has 5 nitrogen and oxygen atoms in total. The van der Waals surface area contributed by atoms with E-state index in [9.17, 15) is 5.11 Å². The van der Waals surface area contributed by atoms with E-state index in [1.165, 1.54) is 31.5 Å². The lowest BCUT2D eigenvalue weighted by Crippen LogP contribution is -2.47. The number of nitrogens with zero attached hydrogens (tertiary/aromatic N) is 2. The zero-order valence-electron chi connectivity index (χ0n) is 17.3. The van der Waals surface area contributed by atoms with Crippen molar-refractivity contribution in [2.75, 3.05) is 50.8 Å². The fourth-order valence-corrected chi connectivity index (χ4v) is 4.95. The molecule has 1 atom stereocenters. The first kappa shape index (κ1) is 20.1. The Labute approximate surface area is 169 Å². The van der Waals surface area contributed by atoms with Crippen molar-refractivity contribution in [3.05, 3.63) is 29.8 Å². The van der Waals surface area contributed by atoms with Gasteiger partial charge < -0.3 is 19.5 Å². The van der Waals surface area contributed by atoms with Crippen LogP contribution in [0, 0.1) is 5.92 Å². The highest BCUT2D eigenvalue weighted by atomic mass is 16.7. The van der Waals surface area contributed by atoms with Crippen molar-refractivity contribution in [2.24, 2.45) is 5.92 Å². The number of piperazine rings is 1. The SMILES string of the molecule is CCC(O)c1cccc(N2CCN(CCC3CCC4(CC3)OCCO4)CC2)c1. The van der Waals surface area contributed by atoms with Crippen LogP contribution in [-0.2, 0) is 9.47 Å². The third kappa shape index (κ3) is 4.70. The minimum atomic E-state index is -0.351. The van der Waals surface area contributed by atoms with Crippen LogP contribution in [0.4, 0.5) is 5.69 Å². The van der Waals surface area contributed by atoms with Crippen LogP contribution < -0.4 is 4.90 Å². The molecule has 156 valence electrons. The number of ether oxygens (including phenoxy) is 2. The Morgan fingerprint density at radius 3 is 2.50 bits per heavy atom. The molecule has 5 heteroatoms. The maximum Gasteiger partial charge on any atom is 0.168 e. The van der Waals surface area contributed by atoms with Crippen LogP contribution in [0.2, 0.25) is 0 Å². The maximum absolute atomic E-state index is 10.1. The van der Waals surface area contributed by atoms with E-state index in [-0.39, 0.29) is 11.9 Å². The highest BCUT2D eigenvalue weighted by molar-refractivity contribution is 5.49. The average molecular weight is 389 g/mol.